The fourth-order valence-corrected chi connectivity index (χ4v) is 1.76. The lowest BCUT2D eigenvalue weighted by Gasteiger charge is -2.19. The Morgan fingerprint density at radius 1 is 1.50 bits per heavy atom. The van der Waals surface area contributed by atoms with E-state index in [4.69, 9.17) is 5.11 Å². The average Bonchev–Trinajstić information content (AvgIpc) is 2.37. The third-order valence-electron chi connectivity index (χ3n) is 2.70. The van der Waals surface area contributed by atoms with Gasteiger partial charge in [-0.05, 0) is 13.0 Å². The molecule has 0 radical (unpaired) electrons. The van der Waals surface area contributed by atoms with Gasteiger partial charge in [-0.3, -0.25) is 19.7 Å². The van der Waals surface area contributed by atoms with Crippen LogP contribution in [0.15, 0.2) is 30.9 Å². The lowest BCUT2D eigenvalue weighted by molar-refractivity contribution is -0.385. The highest BCUT2D eigenvalue weighted by Crippen LogP contribution is 2.22. The Morgan fingerprint density at radius 3 is 2.65 bits per heavy atom. The average molecular weight is 278 g/mol. The van der Waals surface area contributed by atoms with Crippen LogP contribution in [-0.4, -0.2) is 39.9 Å². The van der Waals surface area contributed by atoms with E-state index in [1.165, 1.54) is 31.2 Å². The first-order valence-corrected chi connectivity index (χ1v) is 5.74. The highest BCUT2D eigenvalue weighted by Gasteiger charge is 2.23. The maximum Gasteiger partial charge on any atom is 0.323 e. The zero-order valence-electron chi connectivity index (χ0n) is 10.9. The molecule has 7 nitrogen and oxygen atoms in total. The van der Waals surface area contributed by atoms with Crippen molar-refractivity contribution in [2.75, 3.05) is 13.1 Å². The van der Waals surface area contributed by atoms with Crippen LogP contribution in [0.25, 0.3) is 0 Å². The fourth-order valence-electron chi connectivity index (χ4n) is 1.76. The number of amides is 1. The normalized spacial score (nSPS) is 9.85. The molecule has 7 heteroatoms. The van der Waals surface area contributed by atoms with Gasteiger partial charge >= 0.3 is 5.97 Å². The van der Waals surface area contributed by atoms with Crippen LogP contribution >= 0.6 is 0 Å². The zero-order chi connectivity index (χ0) is 15.3. The van der Waals surface area contributed by atoms with Crippen LogP contribution in [0.3, 0.4) is 0 Å². The van der Waals surface area contributed by atoms with E-state index >= 15 is 0 Å². The lowest BCUT2D eigenvalue weighted by Crippen LogP contribution is -2.36. The fraction of sp³-hybridized carbons (Fsp3) is 0.231. The molecule has 0 fully saturated rings. The summed E-state index contributed by atoms with van der Waals surface area (Å²) < 4.78 is 0. The number of carbonyl (C=O) groups excluding carboxylic acids is 1. The Hall–Kier alpha value is -2.70. The van der Waals surface area contributed by atoms with Gasteiger partial charge in [0.2, 0.25) is 0 Å². The van der Waals surface area contributed by atoms with Gasteiger partial charge < -0.3 is 10.0 Å². The highest BCUT2D eigenvalue weighted by molar-refractivity contribution is 5.98. The number of benzene rings is 1. The Bertz CT molecular complexity index is 568. The molecule has 0 aliphatic heterocycles. The molecule has 1 amide bonds. The molecule has 0 atom stereocenters. The second-order valence-electron chi connectivity index (χ2n) is 4.07. The minimum atomic E-state index is -1.16. The molecule has 1 rings (SSSR count). The van der Waals surface area contributed by atoms with Crippen LogP contribution in [0.5, 0.6) is 0 Å². The predicted molar refractivity (Wildman–Crippen MR) is 71.6 cm³/mol. The molecule has 0 aromatic heterocycles. The SMILES string of the molecule is C=CCN(CC(=O)O)C(=O)c1cccc([N+](=O)[O-])c1C. The Kier molecular flexibility index (Phi) is 4.96. The van der Waals surface area contributed by atoms with Gasteiger partial charge in [-0.25, -0.2) is 0 Å². The van der Waals surface area contributed by atoms with Crippen molar-refractivity contribution in [3.63, 3.8) is 0 Å². The standard InChI is InChI=1S/C13H14N2O5/c1-3-7-14(8-12(16)17)13(18)10-5-4-6-11(9(10)2)15(19)20/h3-6H,1,7-8H2,2H3,(H,16,17). The molecular formula is C13H14N2O5. The van der Waals surface area contributed by atoms with Gasteiger partial charge in [0.1, 0.15) is 6.54 Å². The molecule has 0 heterocycles. The van der Waals surface area contributed by atoms with Crippen molar-refractivity contribution in [1.82, 2.24) is 4.90 Å². The molecule has 0 spiro atoms. The summed E-state index contributed by atoms with van der Waals surface area (Å²) in [5.74, 6) is -1.74. The largest absolute Gasteiger partial charge is 0.480 e. The van der Waals surface area contributed by atoms with Gasteiger partial charge in [-0.15, -0.1) is 6.58 Å². The van der Waals surface area contributed by atoms with Gasteiger partial charge in [0.15, 0.2) is 0 Å². The molecular weight excluding hydrogens is 264 g/mol. The maximum absolute atomic E-state index is 12.3. The molecule has 1 aromatic rings. The van der Waals surface area contributed by atoms with E-state index in [2.05, 4.69) is 6.58 Å². The number of carboxylic acid groups (broad SMARTS) is 1. The Morgan fingerprint density at radius 2 is 2.15 bits per heavy atom. The van der Waals surface area contributed by atoms with E-state index in [1.54, 1.807) is 0 Å². The minimum Gasteiger partial charge on any atom is -0.480 e. The summed E-state index contributed by atoms with van der Waals surface area (Å²) in [6, 6.07) is 4.12. The van der Waals surface area contributed by atoms with Crippen LogP contribution in [0.4, 0.5) is 5.69 Å². The molecule has 0 aliphatic carbocycles. The quantitative estimate of drug-likeness (QED) is 0.484. The molecule has 1 N–H and O–H groups in total. The first-order chi connectivity index (χ1) is 9.38. The highest BCUT2D eigenvalue weighted by atomic mass is 16.6. The van der Waals surface area contributed by atoms with Gasteiger partial charge in [0.05, 0.1) is 4.92 Å². The molecule has 0 aliphatic rings. The third-order valence-corrected chi connectivity index (χ3v) is 2.70. The topological polar surface area (TPSA) is 101 Å². The molecule has 20 heavy (non-hydrogen) atoms. The third kappa shape index (κ3) is 3.41. The van der Waals surface area contributed by atoms with Crippen molar-refractivity contribution in [2.24, 2.45) is 0 Å². The number of carbonyl (C=O) groups is 2. The number of nitro benzene ring substituents is 1. The summed E-state index contributed by atoms with van der Waals surface area (Å²) in [6.45, 7) is 4.47. The summed E-state index contributed by atoms with van der Waals surface area (Å²) >= 11 is 0. The van der Waals surface area contributed by atoms with Crippen LogP contribution in [0.1, 0.15) is 15.9 Å². The first kappa shape index (κ1) is 15.4. The van der Waals surface area contributed by atoms with Crippen molar-refractivity contribution >= 4 is 17.6 Å². The van der Waals surface area contributed by atoms with Crippen molar-refractivity contribution < 1.29 is 19.6 Å². The molecule has 106 valence electrons. The molecule has 0 saturated heterocycles. The van der Waals surface area contributed by atoms with E-state index in [1.807, 2.05) is 0 Å². The van der Waals surface area contributed by atoms with E-state index < -0.39 is 23.3 Å². The van der Waals surface area contributed by atoms with Crippen LogP contribution in [0.2, 0.25) is 0 Å². The summed E-state index contributed by atoms with van der Waals surface area (Å²) in [6.07, 6.45) is 1.40. The van der Waals surface area contributed by atoms with E-state index in [-0.39, 0.29) is 23.4 Å². The van der Waals surface area contributed by atoms with Gasteiger partial charge in [0.25, 0.3) is 11.6 Å². The Balaban J connectivity index is 3.18. The monoisotopic (exact) mass is 278 g/mol. The van der Waals surface area contributed by atoms with Crippen molar-refractivity contribution in [3.05, 3.63) is 52.1 Å². The molecule has 0 unspecified atom stereocenters. The van der Waals surface area contributed by atoms with Crippen molar-refractivity contribution in [1.29, 1.82) is 0 Å². The van der Waals surface area contributed by atoms with Crippen LogP contribution < -0.4 is 0 Å². The minimum absolute atomic E-state index is 0.0489. The summed E-state index contributed by atoms with van der Waals surface area (Å²) in [7, 11) is 0. The van der Waals surface area contributed by atoms with Gasteiger partial charge in [-0.2, -0.15) is 0 Å². The number of rotatable bonds is 6. The summed E-state index contributed by atoms with van der Waals surface area (Å²) in [5, 5.41) is 19.6. The van der Waals surface area contributed by atoms with Gasteiger partial charge in [0, 0.05) is 23.7 Å². The predicted octanol–water partition coefficient (Wildman–Crippen LogP) is 1.62. The molecule has 0 bridgehead atoms. The zero-order valence-corrected chi connectivity index (χ0v) is 10.9. The Labute approximate surface area is 115 Å². The van der Waals surface area contributed by atoms with Crippen LogP contribution in [-0.2, 0) is 4.79 Å². The summed E-state index contributed by atoms with van der Waals surface area (Å²) in [4.78, 5) is 34.3. The van der Waals surface area contributed by atoms with E-state index in [9.17, 15) is 19.7 Å². The second-order valence-corrected chi connectivity index (χ2v) is 4.07. The van der Waals surface area contributed by atoms with Crippen molar-refractivity contribution in [2.45, 2.75) is 6.92 Å². The lowest BCUT2D eigenvalue weighted by atomic mass is 10.1. The maximum atomic E-state index is 12.3. The number of nitrogens with zero attached hydrogens (tertiary/aromatic N) is 2. The number of hydrogen-bond donors (Lipinski definition) is 1. The smallest absolute Gasteiger partial charge is 0.323 e. The van der Waals surface area contributed by atoms with Gasteiger partial charge in [-0.1, -0.05) is 12.1 Å². The number of carboxylic acids is 1. The first-order valence-electron chi connectivity index (χ1n) is 5.74. The molecule has 1 aromatic carbocycles. The van der Waals surface area contributed by atoms with E-state index in [0.29, 0.717) is 0 Å². The number of nitro groups is 1. The van der Waals surface area contributed by atoms with Crippen LogP contribution in [0, 0.1) is 17.0 Å². The second kappa shape index (κ2) is 6.46. The number of hydrogen-bond acceptors (Lipinski definition) is 4. The molecule has 0 saturated carbocycles. The number of aliphatic carboxylic acids is 1. The summed E-state index contributed by atoms with van der Waals surface area (Å²) in [5.41, 5.74) is 0.147. The van der Waals surface area contributed by atoms with Crippen molar-refractivity contribution in [3.8, 4) is 0 Å². The van der Waals surface area contributed by atoms with E-state index in [0.717, 1.165) is 4.90 Å².